The summed E-state index contributed by atoms with van der Waals surface area (Å²) in [6.07, 6.45) is 4.96. The number of hydrazone groups is 1. The summed E-state index contributed by atoms with van der Waals surface area (Å²) in [7, 11) is 1.48. The zero-order valence-corrected chi connectivity index (χ0v) is 15.9. The maximum atomic E-state index is 12.1. The van der Waals surface area contributed by atoms with Crippen LogP contribution in [-0.2, 0) is 22.4 Å². The molecule has 0 aliphatic heterocycles. The number of carbonyl (C=O) groups is 2. The molecule has 1 aliphatic rings. The van der Waals surface area contributed by atoms with E-state index < -0.39 is 11.8 Å². The molecule has 8 nitrogen and oxygen atoms in total. The lowest BCUT2D eigenvalue weighted by Crippen LogP contribution is -2.32. The van der Waals surface area contributed by atoms with E-state index in [1.165, 1.54) is 36.8 Å². The molecule has 144 valence electrons. The first-order valence-corrected chi connectivity index (χ1v) is 9.41. The van der Waals surface area contributed by atoms with Crippen LogP contribution in [0.3, 0.4) is 0 Å². The van der Waals surface area contributed by atoms with E-state index >= 15 is 0 Å². The molecule has 0 radical (unpaired) electrons. The molecule has 1 heterocycles. The van der Waals surface area contributed by atoms with Gasteiger partial charge in [-0.05, 0) is 49.4 Å². The van der Waals surface area contributed by atoms with Gasteiger partial charge in [0.05, 0.1) is 18.9 Å². The van der Waals surface area contributed by atoms with Gasteiger partial charge in [0, 0.05) is 10.4 Å². The third kappa shape index (κ3) is 4.13. The van der Waals surface area contributed by atoms with Gasteiger partial charge in [0.2, 0.25) is 0 Å². The molecule has 0 atom stereocenters. The second-order valence-electron chi connectivity index (χ2n) is 6.10. The zero-order valence-electron chi connectivity index (χ0n) is 15.1. The number of hydrogen-bond acceptors (Lipinski definition) is 7. The van der Waals surface area contributed by atoms with Gasteiger partial charge in [-0.2, -0.15) is 10.4 Å². The molecule has 1 aromatic heterocycles. The Hall–Kier alpha value is -3.38. The number of ether oxygens (including phenoxy) is 1. The number of phenolic OH excluding ortho intramolecular Hbond substituents is 1. The maximum Gasteiger partial charge on any atom is 0.329 e. The van der Waals surface area contributed by atoms with E-state index in [1.807, 2.05) is 0 Å². The predicted molar refractivity (Wildman–Crippen MR) is 105 cm³/mol. The topological polar surface area (TPSA) is 124 Å². The molecule has 2 amide bonds. The van der Waals surface area contributed by atoms with Crippen molar-refractivity contribution in [3.05, 3.63) is 39.8 Å². The number of nitrogens with zero attached hydrogens (tertiary/aromatic N) is 2. The van der Waals surface area contributed by atoms with Crippen LogP contribution in [-0.4, -0.2) is 30.2 Å². The number of thiophene rings is 1. The number of carbonyl (C=O) groups excluding carboxylic acids is 2. The van der Waals surface area contributed by atoms with Crippen molar-refractivity contribution < 1.29 is 19.4 Å². The minimum Gasteiger partial charge on any atom is -0.507 e. The summed E-state index contributed by atoms with van der Waals surface area (Å²) in [4.78, 5) is 25.2. The standard InChI is InChI=1S/C19H18N4O4S/c1-27-12-6-7-15(24)11(8-12)10-21-23-18(26)17(25)22-19-14(9-20)13-4-2-3-5-16(13)28-19/h6-8,10,24H,2-5H2,1H3,(H,22,25)(H,23,26)/b21-10-. The minimum atomic E-state index is -0.978. The first-order chi connectivity index (χ1) is 13.5. The van der Waals surface area contributed by atoms with Crippen LogP contribution in [0.5, 0.6) is 11.5 Å². The molecular weight excluding hydrogens is 380 g/mol. The van der Waals surface area contributed by atoms with Crippen molar-refractivity contribution in [1.29, 1.82) is 5.26 Å². The average Bonchev–Trinajstić information content (AvgIpc) is 3.06. The van der Waals surface area contributed by atoms with E-state index in [-0.39, 0.29) is 5.75 Å². The van der Waals surface area contributed by atoms with Crippen molar-refractivity contribution in [3.63, 3.8) is 0 Å². The molecule has 2 aromatic rings. The number of phenols is 1. The molecule has 0 unspecified atom stereocenters. The Morgan fingerprint density at radius 2 is 2.11 bits per heavy atom. The number of aromatic hydroxyl groups is 1. The Morgan fingerprint density at radius 1 is 1.32 bits per heavy atom. The van der Waals surface area contributed by atoms with Crippen LogP contribution >= 0.6 is 11.3 Å². The number of hydrogen-bond donors (Lipinski definition) is 3. The summed E-state index contributed by atoms with van der Waals surface area (Å²) in [6, 6.07) is 6.66. The van der Waals surface area contributed by atoms with E-state index in [4.69, 9.17) is 4.74 Å². The normalized spacial score (nSPS) is 12.9. The van der Waals surface area contributed by atoms with Crippen molar-refractivity contribution in [2.75, 3.05) is 12.4 Å². The van der Waals surface area contributed by atoms with Crippen molar-refractivity contribution in [2.24, 2.45) is 5.10 Å². The fraction of sp³-hybridized carbons (Fsp3) is 0.263. The molecule has 3 N–H and O–H groups in total. The lowest BCUT2D eigenvalue weighted by atomic mass is 9.96. The van der Waals surface area contributed by atoms with E-state index in [2.05, 4.69) is 21.9 Å². The molecule has 3 rings (SSSR count). The third-order valence-corrected chi connectivity index (χ3v) is 5.53. The van der Waals surface area contributed by atoms with Crippen LogP contribution in [0, 0.1) is 11.3 Å². The van der Waals surface area contributed by atoms with Gasteiger partial charge in [0.25, 0.3) is 0 Å². The first kappa shape index (κ1) is 19.4. The fourth-order valence-electron chi connectivity index (χ4n) is 2.91. The first-order valence-electron chi connectivity index (χ1n) is 8.59. The average molecular weight is 398 g/mol. The SMILES string of the molecule is COc1ccc(O)c(/C=N\NC(=O)C(=O)Nc2sc3c(c2C#N)CCCC3)c1. The quantitative estimate of drug-likeness (QED) is 0.414. The van der Waals surface area contributed by atoms with Crippen molar-refractivity contribution in [1.82, 2.24) is 5.43 Å². The summed E-state index contributed by atoms with van der Waals surface area (Å²) < 4.78 is 5.05. The Kier molecular flexibility index (Phi) is 5.91. The second-order valence-corrected chi connectivity index (χ2v) is 7.21. The van der Waals surface area contributed by atoms with Gasteiger partial charge in [0.15, 0.2) is 0 Å². The maximum absolute atomic E-state index is 12.1. The molecule has 28 heavy (non-hydrogen) atoms. The smallest absolute Gasteiger partial charge is 0.329 e. The molecule has 0 fully saturated rings. The molecule has 1 aliphatic carbocycles. The summed E-state index contributed by atoms with van der Waals surface area (Å²) >= 11 is 1.34. The minimum absolute atomic E-state index is 0.0499. The highest BCUT2D eigenvalue weighted by Gasteiger charge is 2.23. The van der Waals surface area contributed by atoms with Gasteiger partial charge < -0.3 is 15.2 Å². The molecule has 0 spiro atoms. The summed E-state index contributed by atoms with van der Waals surface area (Å²) in [5.74, 6) is -1.43. The van der Waals surface area contributed by atoms with E-state index in [1.54, 1.807) is 6.07 Å². The van der Waals surface area contributed by atoms with Crippen LogP contribution in [0.1, 0.15) is 34.4 Å². The number of methoxy groups -OCH3 is 1. The van der Waals surface area contributed by atoms with Crippen molar-refractivity contribution in [3.8, 4) is 17.6 Å². The van der Waals surface area contributed by atoms with E-state index in [9.17, 15) is 20.0 Å². The highest BCUT2D eigenvalue weighted by atomic mass is 32.1. The van der Waals surface area contributed by atoms with Crippen molar-refractivity contribution in [2.45, 2.75) is 25.7 Å². The van der Waals surface area contributed by atoms with Gasteiger partial charge in [-0.1, -0.05) is 0 Å². The number of benzene rings is 1. The number of nitriles is 1. The Balaban J connectivity index is 1.65. The number of amides is 2. The number of fused-ring (bicyclic) bond motifs is 1. The number of nitrogens with one attached hydrogen (secondary N) is 2. The van der Waals surface area contributed by atoms with Gasteiger partial charge >= 0.3 is 11.8 Å². The lowest BCUT2D eigenvalue weighted by molar-refractivity contribution is -0.136. The van der Waals surface area contributed by atoms with Gasteiger partial charge in [-0.15, -0.1) is 11.3 Å². The Morgan fingerprint density at radius 3 is 2.86 bits per heavy atom. The number of rotatable bonds is 4. The molecule has 9 heteroatoms. The highest BCUT2D eigenvalue weighted by molar-refractivity contribution is 7.16. The largest absolute Gasteiger partial charge is 0.507 e. The number of aryl methyl sites for hydroxylation is 1. The van der Waals surface area contributed by atoms with Crippen LogP contribution in [0.2, 0.25) is 0 Å². The number of anilines is 1. The van der Waals surface area contributed by atoms with E-state index in [0.717, 1.165) is 36.1 Å². The monoisotopic (exact) mass is 398 g/mol. The lowest BCUT2D eigenvalue weighted by Gasteiger charge is -2.09. The van der Waals surface area contributed by atoms with E-state index in [0.29, 0.717) is 21.9 Å². The zero-order chi connectivity index (χ0) is 20.1. The van der Waals surface area contributed by atoms with Gasteiger partial charge in [-0.25, -0.2) is 5.43 Å². The summed E-state index contributed by atoms with van der Waals surface area (Å²) in [5, 5.41) is 25.7. The predicted octanol–water partition coefficient (Wildman–Crippen LogP) is 2.30. The van der Waals surface area contributed by atoms with Gasteiger partial charge in [0.1, 0.15) is 22.6 Å². The molecule has 0 saturated carbocycles. The Labute approximate surface area is 165 Å². The van der Waals surface area contributed by atoms with Gasteiger partial charge in [-0.3, -0.25) is 9.59 Å². The summed E-state index contributed by atoms with van der Waals surface area (Å²) in [5.41, 5.74) is 3.83. The third-order valence-electron chi connectivity index (χ3n) is 4.32. The van der Waals surface area contributed by atoms with Crippen molar-refractivity contribution >= 4 is 34.4 Å². The summed E-state index contributed by atoms with van der Waals surface area (Å²) in [6.45, 7) is 0. The molecule has 0 saturated heterocycles. The molecular formula is C19H18N4O4S. The van der Waals surface area contributed by atoms with Crippen LogP contribution in [0.15, 0.2) is 23.3 Å². The molecule has 0 bridgehead atoms. The van der Waals surface area contributed by atoms with Crippen LogP contribution in [0.4, 0.5) is 5.00 Å². The highest BCUT2D eigenvalue weighted by Crippen LogP contribution is 2.37. The molecule has 1 aromatic carbocycles. The fourth-order valence-corrected chi connectivity index (χ4v) is 4.14. The van der Waals surface area contributed by atoms with Crippen LogP contribution in [0.25, 0.3) is 0 Å². The Bertz CT molecular complexity index is 991. The second kappa shape index (κ2) is 8.54. The van der Waals surface area contributed by atoms with Crippen LogP contribution < -0.4 is 15.5 Å².